The number of halogens is 2. The number of carbonyl (C=O) groups is 1. The van der Waals surface area contributed by atoms with Gasteiger partial charge in [-0.1, -0.05) is 38.8 Å². The molecule has 0 saturated carbocycles. The third kappa shape index (κ3) is 7.27. The Kier molecular flexibility index (Phi) is 8.48. The van der Waals surface area contributed by atoms with Gasteiger partial charge < -0.3 is 10.1 Å². The van der Waals surface area contributed by atoms with E-state index in [9.17, 15) is 9.18 Å². The van der Waals surface area contributed by atoms with Crippen molar-refractivity contribution >= 4 is 40.5 Å². The van der Waals surface area contributed by atoms with Gasteiger partial charge in [0.1, 0.15) is 5.82 Å². The average Bonchev–Trinajstić information content (AvgIpc) is 2.43. The molecule has 0 atom stereocenters. The highest BCUT2D eigenvalue weighted by atomic mass is 35.5. The number of anilines is 1. The van der Waals surface area contributed by atoms with Crippen LogP contribution < -0.4 is 5.32 Å². The second-order valence-electron chi connectivity index (χ2n) is 5.82. The quantitative estimate of drug-likeness (QED) is 0.515. The van der Waals surface area contributed by atoms with Crippen molar-refractivity contribution < 1.29 is 13.9 Å². The van der Waals surface area contributed by atoms with Crippen LogP contribution in [0.2, 0.25) is 5.02 Å². The minimum absolute atomic E-state index is 0.117. The van der Waals surface area contributed by atoms with Crippen molar-refractivity contribution in [3.63, 3.8) is 0 Å². The van der Waals surface area contributed by atoms with Gasteiger partial charge in [0.2, 0.25) is 5.91 Å². The molecule has 23 heavy (non-hydrogen) atoms. The van der Waals surface area contributed by atoms with Crippen LogP contribution in [0, 0.1) is 11.7 Å². The Labute approximate surface area is 147 Å². The highest BCUT2D eigenvalue weighted by molar-refractivity contribution is 7.80. The van der Waals surface area contributed by atoms with Gasteiger partial charge in [0, 0.05) is 17.9 Å². The van der Waals surface area contributed by atoms with Gasteiger partial charge >= 0.3 is 0 Å². The maximum absolute atomic E-state index is 14.0. The van der Waals surface area contributed by atoms with Gasteiger partial charge in [0.05, 0.1) is 12.3 Å². The molecule has 0 unspecified atom stereocenters. The normalized spacial score (nSPS) is 10.7. The summed E-state index contributed by atoms with van der Waals surface area (Å²) in [6.07, 6.45) is 2.58. The molecule has 0 aliphatic heterocycles. The van der Waals surface area contributed by atoms with Crippen LogP contribution in [0.25, 0.3) is 0 Å². The monoisotopic (exact) mass is 359 g/mol. The fraction of sp³-hybridized carbons (Fsp3) is 0.529. The Balaban J connectivity index is 2.79. The first-order valence-corrected chi connectivity index (χ1v) is 8.55. The molecule has 0 heterocycles. The summed E-state index contributed by atoms with van der Waals surface area (Å²) in [6, 6.07) is 2.71. The van der Waals surface area contributed by atoms with Crippen LogP contribution in [-0.2, 0) is 16.0 Å². The van der Waals surface area contributed by atoms with Crippen molar-refractivity contribution in [3.05, 3.63) is 28.5 Å². The van der Waals surface area contributed by atoms with Crippen LogP contribution in [0.5, 0.6) is 0 Å². The second kappa shape index (κ2) is 9.83. The van der Waals surface area contributed by atoms with Crippen molar-refractivity contribution in [2.45, 2.75) is 46.5 Å². The van der Waals surface area contributed by atoms with E-state index in [1.807, 2.05) is 13.8 Å². The van der Waals surface area contributed by atoms with E-state index < -0.39 is 5.82 Å². The van der Waals surface area contributed by atoms with E-state index in [1.165, 1.54) is 12.1 Å². The minimum Gasteiger partial charge on any atom is -0.487 e. The van der Waals surface area contributed by atoms with Gasteiger partial charge in [0.15, 0.2) is 5.05 Å². The van der Waals surface area contributed by atoms with Gasteiger partial charge in [-0.3, -0.25) is 4.79 Å². The van der Waals surface area contributed by atoms with Crippen LogP contribution in [0.15, 0.2) is 12.1 Å². The van der Waals surface area contributed by atoms with Crippen molar-refractivity contribution in [2.75, 3.05) is 11.9 Å². The first kappa shape index (κ1) is 19.8. The Bertz CT molecular complexity index is 564. The minimum atomic E-state index is -0.561. The molecule has 0 aliphatic rings. The molecule has 1 N–H and O–H groups in total. The largest absolute Gasteiger partial charge is 0.487 e. The smallest absolute Gasteiger partial charge is 0.224 e. The van der Waals surface area contributed by atoms with Gasteiger partial charge in [-0.25, -0.2) is 4.39 Å². The number of carbonyl (C=O) groups excluding carboxylic acids is 1. The van der Waals surface area contributed by atoms with Crippen molar-refractivity contribution in [1.82, 2.24) is 0 Å². The first-order valence-electron chi connectivity index (χ1n) is 7.76. The summed E-state index contributed by atoms with van der Waals surface area (Å²) in [5, 5.41) is 3.26. The number of nitrogens with one attached hydrogen (secondary N) is 1. The number of amides is 1. The zero-order valence-corrected chi connectivity index (χ0v) is 15.3. The second-order valence-corrected chi connectivity index (χ2v) is 6.68. The van der Waals surface area contributed by atoms with Gasteiger partial charge in [-0.05, 0) is 42.3 Å². The van der Waals surface area contributed by atoms with E-state index >= 15 is 0 Å². The molecule has 0 saturated heterocycles. The maximum Gasteiger partial charge on any atom is 0.224 e. The lowest BCUT2D eigenvalue weighted by Crippen LogP contribution is -2.15. The number of rotatable bonds is 8. The van der Waals surface area contributed by atoms with Crippen molar-refractivity contribution in [3.8, 4) is 0 Å². The lowest BCUT2D eigenvalue weighted by molar-refractivity contribution is -0.116. The zero-order valence-electron chi connectivity index (χ0n) is 13.7. The van der Waals surface area contributed by atoms with E-state index in [-0.39, 0.29) is 22.5 Å². The van der Waals surface area contributed by atoms with E-state index in [0.717, 1.165) is 12.8 Å². The molecule has 1 aromatic rings. The summed E-state index contributed by atoms with van der Waals surface area (Å²) in [6.45, 7) is 6.48. The summed E-state index contributed by atoms with van der Waals surface area (Å²) in [5.74, 6) is -0.591. The molecule has 1 aromatic carbocycles. The number of benzene rings is 1. The highest BCUT2D eigenvalue weighted by Crippen LogP contribution is 2.25. The molecule has 0 aromatic heterocycles. The van der Waals surface area contributed by atoms with Crippen LogP contribution in [0.3, 0.4) is 0 Å². The Morgan fingerprint density at radius 3 is 2.74 bits per heavy atom. The van der Waals surface area contributed by atoms with Crippen LogP contribution in [-0.4, -0.2) is 17.6 Å². The van der Waals surface area contributed by atoms with Crippen LogP contribution in [0.1, 0.15) is 45.6 Å². The van der Waals surface area contributed by atoms with E-state index in [1.54, 1.807) is 0 Å². The third-order valence-corrected chi connectivity index (χ3v) is 3.71. The summed E-state index contributed by atoms with van der Waals surface area (Å²) in [7, 11) is 0. The number of unbranched alkanes of at least 4 members (excludes halogenated alkanes) is 1. The van der Waals surface area contributed by atoms with Crippen molar-refractivity contribution in [1.29, 1.82) is 0 Å². The van der Waals surface area contributed by atoms with Crippen molar-refractivity contribution in [2.24, 2.45) is 5.92 Å². The summed E-state index contributed by atoms with van der Waals surface area (Å²) in [5.41, 5.74) is 0.751. The lowest BCUT2D eigenvalue weighted by atomic mass is 10.1. The number of ether oxygens (including phenoxy) is 1. The molecule has 0 bridgehead atoms. The average molecular weight is 360 g/mol. The standard InChI is InChI=1S/C17H23ClFNO2S/c1-4-5-6-22-17(23)9-12-8-15(14(19)10-13(12)18)20-16(21)7-11(2)3/h8,10-11H,4-7,9H2,1-3H3,(H,20,21). The molecular formula is C17H23ClFNO2S. The predicted octanol–water partition coefficient (Wildman–Crippen LogP) is 5.15. The topological polar surface area (TPSA) is 38.3 Å². The van der Waals surface area contributed by atoms with Gasteiger partial charge in [0.25, 0.3) is 0 Å². The lowest BCUT2D eigenvalue weighted by Gasteiger charge is -2.12. The molecule has 6 heteroatoms. The fourth-order valence-electron chi connectivity index (χ4n) is 1.93. The van der Waals surface area contributed by atoms with Gasteiger partial charge in [-0.2, -0.15) is 0 Å². The van der Waals surface area contributed by atoms with Gasteiger partial charge in [-0.15, -0.1) is 0 Å². The Morgan fingerprint density at radius 1 is 1.43 bits per heavy atom. The summed E-state index contributed by atoms with van der Waals surface area (Å²) in [4.78, 5) is 11.8. The Hall–Kier alpha value is -1.20. The molecule has 1 rings (SSSR count). The molecular weight excluding hydrogens is 337 g/mol. The summed E-state index contributed by atoms with van der Waals surface area (Å²) >= 11 is 11.2. The molecule has 0 fully saturated rings. The SMILES string of the molecule is CCCCOC(=S)Cc1cc(NC(=O)CC(C)C)c(F)cc1Cl. The predicted molar refractivity (Wildman–Crippen MR) is 96.7 cm³/mol. The molecule has 0 radical (unpaired) electrons. The molecule has 0 spiro atoms. The number of thiocarbonyl (C=S) groups is 1. The molecule has 3 nitrogen and oxygen atoms in total. The Morgan fingerprint density at radius 2 is 2.13 bits per heavy atom. The molecule has 1 amide bonds. The first-order chi connectivity index (χ1) is 10.8. The van der Waals surface area contributed by atoms with E-state index in [0.29, 0.717) is 30.1 Å². The van der Waals surface area contributed by atoms with E-state index in [4.69, 9.17) is 28.6 Å². The third-order valence-electron chi connectivity index (χ3n) is 3.10. The van der Waals surface area contributed by atoms with Crippen LogP contribution in [0.4, 0.5) is 10.1 Å². The maximum atomic E-state index is 14.0. The van der Waals surface area contributed by atoms with E-state index in [2.05, 4.69) is 12.2 Å². The number of hydrogen-bond donors (Lipinski definition) is 1. The molecule has 128 valence electrons. The number of hydrogen-bond acceptors (Lipinski definition) is 3. The fourth-order valence-corrected chi connectivity index (χ4v) is 2.39. The van der Waals surface area contributed by atoms with Crippen LogP contribution >= 0.6 is 23.8 Å². The molecule has 0 aliphatic carbocycles. The highest BCUT2D eigenvalue weighted by Gasteiger charge is 2.14. The zero-order chi connectivity index (χ0) is 17.4. The summed E-state index contributed by atoms with van der Waals surface area (Å²) < 4.78 is 19.4.